The molecule has 0 aliphatic heterocycles. The molecule has 0 radical (unpaired) electrons. The van der Waals surface area contributed by atoms with Crippen molar-refractivity contribution < 1.29 is 34.1 Å². The highest BCUT2D eigenvalue weighted by Crippen LogP contribution is 2.07. The number of carbonyl (C=O) groups excluding carboxylic acids is 2. The molecule has 0 heterocycles. The van der Waals surface area contributed by atoms with Gasteiger partial charge >= 0.3 is 18.0 Å². The van der Waals surface area contributed by atoms with Gasteiger partial charge in [-0.15, -0.1) is 0 Å². The van der Waals surface area contributed by atoms with Crippen molar-refractivity contribution in [1.82, 2.24) is 10.6 Å². The molecule has 0 saturated heterocycles. The monoisotopic (exact) mass is 394 g/mol. The summed E-state index contributed by atoms with van der Waals surface area (Å²) in [6.07, 6.45) is -1.27. The Hall–Kier alpha value is -3.10. The van der Waals surface area contributed by atoms with Crippen LogP contribution in [-0.4, -0.2) is 46.2 Å². The smallest absolute Gasteiger partial charge is 0.408 e. The predicted molar refractivity (Wildman–Crippen MR) is 99.4 cm³/mol. The van der Waals surface area contributed by atoms with Gasteiger partial charge in [-0.2, -0.15) is 0 Å². The van der Waals surface area contributed by atoms with Gasteiger partial charge in [0.2, 0.25) is 5.91 Å². The number of amides is 2. The molecule has 0 spiro atoms. The molecule has 154 valence electrons. The van der Waals surface area contributed by atoms with Crippen molar-refractivity contribution in [3.63, 3.8) is 0 Å². The van der Waals surface area contributed by atoms with Crippen molar-refractivity contribution in [1.29, 1.82) is 0 Å². The largest absolute Gasteiger partial charge is 0.481 e. The van der Waals surface area contributed by atoms with Gasteiger partial charge in [-0.3, -0.25) is 9.59 Å². The Balaban J connectivity index is 2.71. The number of benzene rings is 1. The van der Waals surface area contributed by atoms with Crippen LogP contribution in [0.15, 0.2) is 30.3 Å². The minimum Gasteiger partial charge on any atom is -0.481 e. The molecule has 4 N–H and O–H groups in total. The first kappa shape index (κ1) is 22.9. The fraction of sp³-hybridized carbons (Fsp3) is 0.474. The topological polar surface area (TPSA) is 142 Å². The highest BCUT2D eigenvalue weighted by Gasteiger charge is 2.27. The van der Waals surface area contributed by atoms with E-state index >= 15 is 0 Å². The van der Waals surface area contributed by atoms with E-state index < -0.39 is 36.0 Å². The number of alkyl carbamates (subject to hydrolysis) is 1. The summed E-state index contributed by atoms with van der Waals surface area (Å²) in [6.45, 7) is 3.59. The number of carbonyl (C=O) groups is 4. The molecule has 0 aromatic heterocycles. The molecule has 2 atom stereocenters. The van der Waals surface area contributed by atoms with E-state index in [0.717, 1.165) is 5.56 Å². The Morgan fingerprint density at radius 2 is 1.64 bits per heavy atom. The molecule has 1 unspecified atom stereocenters. The number of nitrogens with one attached hydrogen (secondary N) is 2. The highest BCUT2D eigenvalue weighted by atomic mass is 16.5. The van der Waals surface area contributed by atoms with Gasteiger partial charge in [-0.05, 0) is 24.3 Å². The summed E-state index contributed by atoms with van der Waals surface area (Å²) in [6, 6.07) is 6.51. The molecule has 1 aromatic carbocycles. The number of carboxylic acids is 2. The Morgan fingerprint density at radius 3 is 2.18 bits per heavy atom. The van der Waals surface area contributed by atoms with Crippen molar-refractivity contribution in [2.75, 3.05) is 0 Å². The molecule has 9 nitrogen and oxygen atoms in total. The van der Waals surface area contributed by atoms with Gasteiger partial charge in [-0.1, -0.05) is 44.2 Å². The Bertz CT molecular complexity index is 676. The highest BCUT2D eigenvalue weighted by molar-refractivity contribution is 5.89. The SMILES string of the molecule is CC(C)CC(NC(=O)[C@H](CCC(=O)O)NC(=O)OCc1ccccc1)C(=O)O. The Morgan fingerprint density at radius 1 is 1.00 bits per heavy atom. The van der Waals surface area contributed by atoms with Crippen molar-refractivity contribution in [3.8, 4) is 0 Å². The molecule has 9 heteroatoms. The summed E-state index contributed by atoms with van der Waals surface area (Å²) in [4.78, 5) is 46.6. The summed E-state index contributed by atoms with van der Waals surface area (Å²) in [5, 5.41) is 22.8. The molecular formula is C19H26N2O7. The number of aliphatic carboxylic acids is 2. The van der Waals surface area contributed by atoms with Crippen molar-refractivity contribution >= 4 is 23.9 Å². The van der Waals surface area contributed by atoms with Crippen LogP contribution in [0.25, 0.3) is 0 Å². The summed E-state index contributed by atoms with van der Waals surface area (Å²) in [7, 11) is 0. The van der Waals surface area contributed by atoms with Crippen molar-refractivity contribution in [3.05, 3.63) is 35.9 Å². The molecule has 0 fully saturated rings. The van der Waals surface area contributed by atoms with Crippen LogP contribution in [0.4, 0.5) is 4.79 Å². The van der Waals surface area contributed by atoms with Crippen LogP contribution < -0.4 is 10.6 Å². The Kier molecular flexibility index (Phi) is 9.49. The molecule has 1 aromatic rings. The second-order valence-corrected chi connectivity index (χ2v) is 6.72. The molecule has 0 bridgehead atoms. The number of hydrogen-bond donors (Lipinski definition) is 4. The number of hydrogen-bond acceptors (Lipinski definition) is 5. The standard InChI is InChI=1S/C19H26N2O7/c1-12(2)10-15(18(25)26)20-17(24)14(8-9-16(22)23)21-19(27)28-11-13-6-4-3-5-7-13/h3-7,12,14-15H,8-11H2,1-2H3,(H,20,24)(H,21,27)(H,22,23)(H,25,26)/t14-,15?/m0/s1. The Labute approximate surface area is 163 Å². The average molecular weight is 394 g/mol. The zero-order valence-electron chi connectivity index (χ0n) is 15.9. The van der Waals surface area contributed by atoms with E-state index in [2.05, 4.69) is 10.6 Å². The first-order chi connectivity index (χ1) is 13.2. The minimum atomic E-state index is -1.23. The molecule has 0 saturated carbocycles. The van der Waals surface area contributed by atoms with Crippen LogP contribution in [0.5, 0.6) is 0 Å². The lowest BCUT2D eigenvalue weighted by Crippen LogP contribution is -2.52. The lowest BCUT2D eigenvalue weighted by Gasteiger charge is -2.22. The maximum atomic E-state index is 12.4. The summed E-state index contributed by atoms with van der Waals surface area (Å²) in [5.74, 6) is -3.10. The zero-order valence-corrected chi connectivity index (χ0v) is 15.9. The van der Waals surface area contributed by atoms with E-state index in [1.165, 1.54) is 0 Å². The van der Waals surface area contributed by atoms with Crippen LogP contribution in [-0.2, 0) is 25.7 Å². The minimum absolute atomic E-state index is 0.0164. The van der Waals surface area contributed by atoms with E-state index in [9.17, 15) is 24.3 Å². The summed E-state index contributed by atoms with van der Waals surface area (Å²) < 4.78 is 5.04. The van der Waals surface area contributed by atoms with Crippen LogP contribution in [0.1, 0.15) is 38.7 Å². The third kappa shape index (κ3) is 9.02. The molecule has 0 aliphatic rings. The van der Waals surface area contributed by atoms with Crippen LogP contribution in [0.2, 0.25) is 0 Å². The first-order valence-corrected chi connectivity index (χ1v) is 8.91. The number of ether oxygens (including phenoxy) is 1. The fourth-order valence-electron chi connectivity index (χ4n) is 2.41. The van der Waals surface area contributed by atoms with Gasteiger partial charge in [-0.25, -0.2) is 9.59 Å². The molecule has 28 heavy (non-hydrogen) atoms. The normalized spacial score (nSPS) is 12.7. The fourth-order valence-corrected chi connectivity index (χ4v) is 2.41. The number of rotatable bonds is 11. The third-order valence-electron chi connectivity index (χ3n) is 3.79. The second kappa shape index (κ2) is 11.6. The van der Waals surface area contributed by atoms with E-state index in [1.54, 1.807) is 24.3 Å². The zero-order chi connectivity index (χ0) is 21.1. The molecule has 2 amide bonds. The van der Waals surface area contributed by atoms with Crippen molar-refractivity contribution in [2.45, 2.75) is 51.8 Å². The molecular weight excluding hydrogens is 368 g/mol. The van der Waals surface area contributed by atoms with E-state index in [0.29, 0.717) is 0 Å². The van der Waals surface area contributed by atoms with E-state index in [1.807, 2.05) is 19.9 Å². The van der Waals surface area contributed by atoms with Crippen LogP contribution >= 0.6 is 0 Å². The number of carboxylic acid groups (broad SMARTS) is 2. The molecule has 0 aliphatic carbocycles. The van der Waals surface area contributed by atoms with Gasteiger partial charge in [0.1, 0.15) is 18.7 Å². The molecule has 1 rings (SSSR count). The van der Waals surface area contributed by atoms with Gasteiger partial charge in [0.15, 0.2) is 0 Å². The van der Waals surface area contributed by atoms with Gasteiger partial charge in [0.05, 0.1) is 0 Å². The van der Waals surface area contributed by atoms with E-state index in [-0.39, 0.29) is 31.8 Å². The first-order valence-electron chi connectivity index (χ1n) is 8.91. The second-order valence-electron chi connectivity index (χ2n) is 6.72. The van der Waals surface area contributed by atoms with Gasteiger partial charge in [0.25, 0.3) is 0 Å². The maximum absolute atomic E-state index is 12.4. The predicted octanol–water partition coefficient (Wildman–Crippen LogP) is 1.76. The quantitative estimate of drug-likeness (QED) is 0.448. The van der Waals surface area contributed by atoms with Crippen LogP contribution in [0, 0.1) is 5.92 Å². The van der Waals surface area contributed by atoms with Gasteiger partial charge in [0, 0.05) is 6.42 Å². The average Bonchev–Trinajstić information content (AvgIpc) is 2.63. The summed E-state index contributed by atoms with van der Waals surface area (Å²) in [5.41, 5.74) is 0.743. The lowest BCUT2D eigenvalue weighted by molar-refractivity contribution is -0.143. The van der Waals surface area contributed by atoms with Crippen LogP contribution in [0.3, 0.4) is 0 Å². The van der Waals surface area contributed by atoms with E-state index in [4.69, 9.17) is 9.84 Å². The third-order valence-corrected chi connectivity index (χ3v) is 3.79. The summed E-state index contributed by atoms with van der Waals surface area (Å²) >= 11 is 0. The maximum Gasteiger partial charge on any atom is 0.408 e. The lowest BCUT2D eigenvalue weighted by atomic mass is 10.0. The van der Waals surface area contributed by atoms with Crippen molar-refractivity contribution in [2.24, 2.45) is 5.92 Å². The van der Waals surface area contributed by atoms with Gasteiger partial charge < -0.3 is 25.6 Å².